The number of aryl methyl sites for hydroxylation is 1. The van der Waals surface area contributed by atoms with Crippen molar-refractivity contribution < 1.29 is 9.53 Å². The van der Waals surface area contributed by atoms with Crippen LogP contribution < -0.4 is 15.8 Å². The molecule has 0 saturated carbocycles. The van der Waals surface area contributed by atoms with E-state index in [1.165, 1.54) is 0 Å². The van der Waals surface area contributed by atoms with Gasteiger partial charge in [0, 0.05) is 23.7 Å². The second kappa shape index (κ2) is 7.53. The van der Waals surface area contributed by atoms with Gasteiger partial charge in [0.2, 0.25) is 0 Å². The molecule has 0 bridgehead atoms. The summed E-state index contributed by atoms with van der Waals surface area (Å²) in [5, 5.41) is 8.09. The maximum atomic E-state index is 12.7. The van der Waals surface area contributed by atoms with Gasteiger partial charge in [-0.25, -0.2) is 9.67 Å². The molecule has 1 amide bonds. The number of nitrogens with one attached hydrogen (secondary N) is 1. The molecule has 7 heteroatoms. The predicted molar refractivity (Wildman–Crippen MR) is 102 cm³/mol. The standard InChI is InChI=1S/C19H23N5O2/c1-12(2)24-18-14(11-21-24)10-17(13(3)22-18)19(25)23-15-4-6-16(7-5-15)26-9-8-20/h4-7,10-12H,8-9,20H2,1-3H3,(H,23,25). The molecule has 26 heavy (non-hydrogen) atoms. The molecule has 0 radical (unpaired) electrons. The largest absolute Gasteiger partial charge is 0.492 e. The summed E-state index contributed by atoms with van der Waals surface area (Å²) < 4.78 is 7.28. The molecule has 0 aliphatic rings. The second-order valence-corrected chi connectivity index (χ2v) is 6.33. The van der Waals surface area contributed by atoms with Crippen LogP contribution >= 0.6 is 0 Å². The molecular formula is C19H23N5O2. The van der Waals surface area contributed by atoms with Crippen LogP contribution in [0.4, 0.5) is 5.69 Å². The number of amides is 1. The molecule has 3 N–H and O–H groups in total. The number of nitrogens with zero attached hydrogens (tertiary/aromatic N) is 3. The summed E-state index contributed by atoms with van der Waals surface area (Å²) in [6, 6.07) is 9.22. The van der Waals surface area contributed by atoms with Crippen LogP contribution in [-0.4, -0.2) is 33.8 Å². The number of hydrogen-bond acceptors (Lipinski definition) is 5. The molecule has 136 valence electrons. The zero-order valence-corrected chi connectivity index (χ0v) is 15.2. The summed E-state index contributed by atoms with van der Waals surface area (Å²) in [6.45, 7) is 6.84. The number of rotatable bonds is 6. The summed E-state index contributed by atoms with van der Waals surface area (Å²) in [5.41, 5.74) is 8.09. The van der Waals surface area contributed by atoms with Gasteiger partial charge >= 0.3 is 0 Å². The number of carbonyl (C=O) groups excluding carboxylic acids is 1. The lowest BCUT2D eigenvalue weighted by atomic mass is 10.1. The van der Waals surface area contributed by atoms with E-state index in [1.54, 1.807) is 30.5 Å². The minimum Gasteiger partial charge on any atom is -0.492 e. The van der Waals surface area contributed by atoms with Gasteiger partial charge < -0.3 is 15.8 Å². The van der Waals surface area contributed by atoms with Crippen molar-refractivity contribution in [1.82, 2.24) is 14.8 Å². The van der Waals surface area contributed by atoms with Gasteiger partial charge in [-0.05, 0) is 51.1 Å². The van der Waals surface area contributed by atoms with Crippen LogP contribution in [0.15, 0.2) is 36.5 Å². The van der Waals surface area contributed by atoms with Crippen molar-refractivity contribution >= 4 is 22.6 Å². The predicted octanol–water partition coefficient (Wildman–Crippen LogP) is 2.91. The highest BCUT2D eigenvalue weighted by Crippen LogP contribution is 2.21. The molecule has 3 rings (SSSR count). The first-order valence-electron chi connectivity index (χ1n) is 8.58. The minimum absolute atomic E-state index is 0.204. The van der Waals surface area contributed by atoms with Crippen LogP contribution in [0.1, 0.15) is 35.9 Å². The average Bonchev–Trinajstić information content (AvgIpc) is 3.03. The van der Waals surface area contributed by atoms with Gasteiger partial charge in [-0.1, -0.05) is 0 Å². The van der Waals surface area contributed by atoms with E-state index >= 15 is 0 Å². The van der Waals surface area contributed by atoms with Crippen LogP contribution in [0, 0.1) is 6.92 Å². The molecule has 0 atom stereocenters. The fourth-order valence-corrected chi connectivity index (χ4v) is 2.68. The van der Waals surface area contributed by atoms with E-state index in [1.807, 2.05) is 31.5 Å². The fourth-order valence-electron chi connectivity index (χ4n) is 2.68. The van der Waals surface area contributed by atoms with E-state index in [9.17, 15) is 4.79 Å². The second-order valence-electron chi connectivity index (χ2n) is 6.33. The molecule has 2 heterocycles. The number of carbonyl (C=O) groups is 1. The van der Waals surface area contributed by atoms with E-state index in [-0.39, 0.29) is 11.9 Å². The van der Waals surface area contributed by atoms with Gasteiger partial charge in [0.05, 0.1) is 17.5 Å². The summed E-state index contributed by atoms with van der Waals surface area (Å²) in [7, 11) is 0. The molecular weight excluding hydrogens is 330 g/mol. The smallest absolute Gasteiger partial charge is 0.257 e. The quantitative estimate of drug-likeness (QED) is 0.710. The number of nitrogens with two attached hydrogens (primary N) is 1. The first-order chi connectivity index (χ1) is 12.5. The number of fused-ring (bicyclic) bond motifs is 1. The maximum Gasteiger partial charge on any atom is 0.257 e. The Balaban J connectivity index is 1.80. The number of anilines is 1. The lowest BCUT2D eigenvalue weighted by Crippen LogP contribution is -2.15. The third-order valence-electron chi connectivity index (χ3n) is 3.99. The van der Waals surface area contributed by atoms with Crippen molar-refractivity contribution in [2.45, 2.75) is 26.8 Å². The van der Waals surface area contributed by atoms with Crippen molar-refractivity contribution in [1.29, 1.82) is 0 Å². The van der Waals surface area contributed by atoms with Gasteiger partial charge in [0.25, 0.3) is 5.91 Å². The Kier molecular flexibility index (Phi) is 5.18. The van der Waals surface area contributed by atoms with Crippen molar-refractivity contribution in [3.8, 4) is 5.75 Å². The summed E-state index contributed by atoms with van der Waals surface area (Å²) in [4.78, 5) is 17.2. The fraction of sp³-hybridized carbons (Fsp3) is 0.316. The summed E-state index contributed by atoms with van der Waals surface area (Å²) in [5.74, 6) is 0.513. The normalized spacial score (nSPS) is 11.1. The Bertz CT molecular complexity index is 916. The Labute approximate surface area is 152 Å². The number of benzene rings is 1. The first kappa shape index (κ1) is 17.9. The van der Waals surface area contributed by atoms with Crippen molar-refractivity contribution in [2.75, 3.05) is 18.5 Å². The molecule has 0 spiro atoms. The third-order valence-corrected chi connectivity index (χ3v) is 3.99. The zero-order valence-electron chi connectivity index (χ0n) is 15.2. The topological polar surface area (TPSA) is 95.1 Å². The number of aromatic nitrogens is 3. The van der Waals surface area contributed by atoms with E-state index < -0.39 is 0 Å². The lowest BCUT2D eigenvalue weighted by molar-refractivity contribution is 0.102. The van der Waals surface area contributed by atoms with Crippen LogP contribution in [-0.2, 0) is 0 Å². The third kappa shape index (κ3) is 3.67. The highest BCUT2D eigenvalue weighted by atomic mass is 16.5. The Morgan fingerprint density at radius 3 is 2.69 bits per heavy atom. The molecule has 0 fully saturated rings. The number of pyridine rings is 1. The van der Waals surface area contributed by atoms with Gasteiger partial charge in [-0.15, -0.1) is 0 Å². The van der Waals surface area contributed by atoms with Gasteiger partial charge in [-0.2, -0.15) is 5.10 Å². The Morgan fingerprint density at radius 1 is 1.31 bits per heavy atom. The van der Waals surface area contributed by atoms with E-state index in [0.717, 1.165) is 11.0 Å². The molecule has 0 saturated heterocycles. The SMILES string of the molecule is Cc1nc2c(cnn2C(C)C)cc1C(=O)Nc1ccc(OCCN)cc1. The van der Waals surface area contributed by atoms with Crippen molar-refractivity contribution in [3.05, 3.63) is 47.8 Å². The molecule has 0 aliphatic carbocycles. The zero-order chi connectivity index (χ0) is 18.7. The van der Waals surface area contributed by atoms with E-state index in [2.05, 4.69) is 15.4 Å². The molecule has 1 aromatic carbocycles. The van der Waals surface area contributed by atoms with Crippen LogP contribution in [0.3, 0.4) is 0 Å². The average molecular weight is 353 g/mol. The minimum atomic E-state index is -0.204. The molecule has 2 aromatic heterocycles. The highest BCUT2D eigenvalue weighted by molar-refractivity contribution is 6.06. The summed E-state index contributed by atoms with van der Waals surface area (Å²) >= 11 is 0. The first-order valence-corrected chi connectivity index (χ1v) is 8.58. The monoisotopic (exact) mass is 353 g/mol. The lowest BCUT2D eigenvalue weighted by Gasteiger charge is -2.10. The summed E-state index contributed by atoms with van der Waals surface area (Å²) in [6.07, 6.45) is 1.74. The molecule has 0 aliphatic heterocycles. The van der Waals surface area contributed by atoms with Gasteiger partial charge in [0.15, 0.2) is 5.65 Å². The Hall–Kier alpha value is -2.93. The van der Waals surface area contributed by atoms with Crippen LogP contribution in [0.2, 0.25) is 0 Å². The van der Waals surface area contributed by atoms with Gasteiger partial charge in [-0.3, -0.25) is 4.79 Å². The van der Waals surface area contributed by atoms with Crippen molar-refractivity contribution in [3.63, 3.8) is 0 Å². The molecule has 0 unspecified atom stereocenters. The van der Waals surface area contributed by atoms with E-state index in [0.29, 0.717) is 35.8 Å². The van der Waals surface area contributed by atoms with Crippen LogP contribution in [0.5, 0.6) is 5.75 Å². The molecule has 7 nitrogen and oxygen atoms in total. The van der Waals surface area contributed by atoms with Crippen molar-refractivity contribution in [2.24, 2.45) is 5.73 Å². The maximum absolute atomic E-state index is 12.7. The van der Waals surface area contributed by atoms with Gasteiger partial charge in [0.1, 0.15) is 12.4 Å². The molecule has 3 aromatic rings. The number of ether oxygens (including phenoxy) is 1. The van der Waals surface area contributed by atoms with Crippen LogP contribution in [0.25, 0.3) is 11.0 Å². The number of hydrogen-bond donors (Lipinski definition) is 2. The highest BCUT2D eigenvalue weighted by Gasteiger charge is 2.15. The Morgan fingerprint density at radius 2 is 2.04 bits per heavy atom. The van der Waals surface area contributed by atoms with E-state index in [4.69, 9.17) is 10.5 Å².